The second-order valence-electron chi connectivity index (χ2n) is 4.34. The number of rotatable bonds is 2. The standard InChI is InChI=1S/C15H11Cl2/c16-12-5-1-10(2-6-12)14-9-15(14)11-3-7-13(17)8-4-11/h1-8,14H,9H2. The minimum Gasteiger partial charge on any atom is -0.0843 e. The lowest BCUT2D eigenvalue weighted by Gasteiger charge is -2.01. The van der Waals surface area contributed by atoms with E-state index in [1.54, 1.807) is 0 Å². The van der Waals surface area contributed by atoms with Gasteiger partial charge in [-0.15, -0.1) is 0 Å². The molecule has 0 bridgehead atoms. The smallest absolute Gasteiger partial charge is 0.0406 e. The molecule has 1 fully saturated rings. The minimum atomic E-state index is 0.563. The Labute approximate surface area is 111 Å². The summed E-state index contributed by atoms with van der Waals surface area (Å²) in [6.07, 6.45) is 1.14. The first-order chi connectivity index (χ1) is 8.24. The first-order valence-corrected chi connectivity index (χ1v) is 6.37. The molecular formula is C15H11Cl2. The van der Waals surface area contributed by atoms with Gasteiger partial charge in [0.1, 0.15) is 0 Å². The molecule has 1 saturated carbocycles. The van der Waals surface area contributed by atoms with E-state index in [9.17, 15) is 0 Å². The van der Waals surface area contributed by atoms with Crippen molar-refractivity contribution in [1.29, 1.82) is 0 Å². The molecule has 0 nitrogen and oxygen atoms in total. The van der Waals surface area contributed by atoms with Gasteiger partial charge in [0.2, 0.25) is 0 Å². The molecular weight excluding hydrogens is 251 g/mol. The molecule has 1 atom stereocenters. The Bertz CT molecular complexity index is 464. The lowest BCUT2D eigenvalue weighted by molar-refractivity contribution is 1.14. The van der Waals surface area contributed by atoms with Crippen LogP contribution in [0.1, 0.15) is 23.5 Å². The van der Waals surface area contributed by atoms with Crippen LogP contribution in [0, 0.1) is 5.92 Å². The van der Waals surface area contributed by atoms with Crippen LogP contribution in [0.15, 0.2) is 48.5 Å². The van der Waals surface area contributed by atoms with Crippen molar-refractivity contribution in [3.8, 4) is 0 Å². The zero-order valence-electron chi connectivity index (χ0n) is 9.16. The predicted molar refractivity (Wildman–Crippen MR) is 72.6 cm³/mol. The van der Waals surface area contributed by atoms with Gasteiger partial charge in [0.25, 0.3) is 0 Å². The Kier molecular flexibility index (Phi) is 2.85. The highest BCUT2D eigenvalue weighted by Gasteiger charge is 2.39. The van der Waals surface area contributed by atoms with Crippen LogP contribution < -0.4 is 0 Å². The van der Waals surface area contributed by atoms with Crippen molar-refractivity contribution in [3.63, 3.8) is 0 Å². The monoisotopic (exact) mass is 261 g/mol. The maximum atomic E-state index is 5.89. The first kappa shape index (κ1) is 11.1. The molecule has 0 spiro atoms. The quantitative estimate of drug-likeness (QED) is 0.706. The van der Waals surface area contributed by atoms with E-state index in [2.05, 4.69) is 24.3 Å². The van der Waals surface area contributed by atoms with Gasteiger partial charge in [-0.05, 0) is 47.7 Å². The third-order valence-electron chi connectivity index (χ3n) is 3.17. The van der Waals surface area contributed by atoms with Gasteiger partial charge < -0.3 is 0 Å². The summed E-state index contributed by atoms with van der Waals surface area (Å²) >= 11 is 11.8. The van der Waals surface area contributed by atoms with Gasteiger partial charge in [-0.1, -0.05) is 47.5 Å². The zero-order chi connectivity index (χ0) is 11.8. The fraction of sp³-hybridized carbons (Fsp3) is 0.133. The van der Waals surface area contributed by atoms with Crippen LogP contribution in [0.5, 0.6) is 0 Å². The van der Waals surface area contributed by atoms with Crippen molar-refractivity contribution in [3.05, 3.63) is 75.6 Å². The summed E-state index contributed by atoms with van der Waals surface area (Å²) in [4.78, 5) is 0. The van der Waals surface area contributed by atoms with Crippen molar-refractivity contribution >= 4 is 23.2 Å². The average Bonchev–Trinajstić information content (AvgIpc) is 3.11. The Morgan fingerprint density at radius 1 is 0.765 bits per heavy atom. The Morgan fingerprint density at radius 3 is 1.88 bits per heavy atom. The van der Waals surface area contributed by atoms with Gasteiger partial charge in [0, 0.05) is 16.0 Å². The molecule has 0 aromatic heterocycles. The van der Waals surface area contributed by atoms with Crippen LogP contribution in [0.2, 0.25) is 10.0 Å². The van der Waals surface area contributed by atoms with E-state index in [-0.39, 0.29) is 0 Å². The van der Waals surface area contributed by atoms with E-state index >= 15 is 0 Å². The first-order valence-electron chi connectivity index (χ1n) is 5.61. The maximum Gasteiger partial charge on any atom is 0.0406 e. The fourth-order valence-electron chi connectivity index (χ4n) is 2.16. The summed E-state index contributed by atoms with van der Waals surface area (Å²) < 4.78 is 0. The maximum absolute atomic E-state index is 5.89. The van der Waals surface area contributed by atoms with E-state index in [0.29, 0.717) is 5.92 Å². The lowest BCUT2D eigenvalue weighted by atomic mass is 10.0. The Hall–Kier alpha value is -0.980. The third-order valence-corrected chi connectivity index (χ3v) is 3.68. The molecule has 1 aliphatic rings. The summed E-state index contributed by atoms with van der Waals surface area (Å²) in [6.45, 7) is 0. The number of benzene rings is 2. The molecule has 0 amide bonds. The topological polar surface area (TPSA) is 0 Å². The largest absolute Gasteiger partial charge is 0.0843 e. The normalized spacial score (nSPS) is 19.3. The Morgan fingerprint density at radius 2 is 1.29 bits per heavy atom. The highest BCUT2D eigenvalue weighted by Crippen LogP contribution is 2.53. The molecule has 17 heavy (non-hydrogen) atoms. The molecule has 2 heteroatoms. The van der Waals surface area contributed by atoms with Gasteiger partial charge >= 0.3 is 0 Å². The number of halogens is 2. The van der Waals surface area contributed by atoms with Gasteiger partial charge in [0.05, 0.1) is 0 Å². The summed E-state index contributed by atoms with van der Waals surface area (Å²) in [5, 5.41) is 1.58. The van der Waals surface area contributed by atoms with Crippen molar-refractivity contribution in [2.75, 3.05) is 0 Å². The summed E-state index contributed by atoms with van der Waals surface area (Å²) in [5.41, 5.74) is 2.65. The van der Waals surface area contributed by atoms with Crippen molar-refractivity contribution in [1.82, 2.24) is 0 Å². The summed E-state index contributed by atoms with van der Waals surface area (Å²) in [7, 11) is 0. The van der Waals surface area contributed by atoms with Gasteiger partial charge in [0.15, 0.2) is 0 Å². The molecule has 0 N–H and O–H groups in total. The molecule has 2 aromatic carbocycles. The molecule has 1 unspecified atom stereocenters. The SMILES string of the molecule is Clc1ccc([C]2CC2c2ccc(Cl)cc2)cc1. The van der Waals surface area contributed by atoms with Crippen molar-refractivity contribution in [2.45, 2.75) is 12.3 Å². The van der Waals surface area contributed by atoms with E-state index in [1.807, 2.05) is 24.3 Å². The van der Waals surface area contributed by atoms with Crippen LogP contribution in [0.25, 0.3) is 0 Å². The molecule has 85 valence electrons. The Balaban J connectivity index is 1.78. The second-order valence-corrected chi connectivity index (χ2v) is 5.21. The zero-order valence-corrected chi connectivity index (χ0v) is 10.7. The van der Waals surface area contributed by atoms with Crippen LogP contribution in [0.3, 0.4) is 0 Å². The fourth-order valence-corrected chi connectivity index (χ4v) is 2.41. The molecule has 3 rings (SSSR count). The molecule has 1 radical (unpaired) electrons. The predicted octanol–water partition coefficient (Wildman–Crippen LogP) is 5.10. The highest BCUT2D eigenvalue weighted by atomic mass is 35.5. The molecule has 1 aliphatic carbocycles. The molecule has 0 saturated heterocycles. The van der Waals surface area contributed by atoms with Crippen LogP contribution in [-0.4, -0.2) is 0 Å². The number of hydrogen-bond acceptors (Lipinski definition) is 0. The van der Waals surface area contributed by atoms with Crippen LogP contribution >= 0.6 is 23.2 Å². The molecule has 2 aromatic rings. The van der Waals surface area contributed by atoms with E-state index in [1.165, 1.54) is 17.0 Å². The third kappa shape index (κ3) is 2.34. The van der Waals surface area contributed by atoms with Crippen LogP contribution in [-0.2, 0) is 0 Å². The van der Waals surface area contributed by atoms with Gasteiger partial charge in [-0.3, -0.25) is 0 Å². The van der Waals surface area contributed by atoms with E-state index in [0.717, 1.165) is 16.5 Å². The van der Waals surface area contributed by atoms with E-state index in [4.69, 9.17) is 23.2 Å². The summed E-state index contributed by atoms with van der Waals surface area (Å²) in [5.74, 6) is 2.05. The lowest BCUT2D eigenvalue weighted by Crippen LogP contribution is -1.84. The highest BCUT2D eigenvalue weighted by molar-refractivity contribution is 6.30. The van der Waals surface area contributed by atoms with Crippen molar-refractivity contribution in [2.24, 2.45) is 0 Å². The number of hydrogen-bond donors (Lipinski definition) is 0. The van der Waals surface area contributed by atoms with Gasteiger partial charge in [-0.2, -0.15) is 0 Å². The summed E-state index contributed by atoms with van der Waals surface area (Å²) in [6, 6.07) is 16.2. The molecule has 0 heterocycles. The van der Waals surface area contributed by atoms with Crippen LogP contribution in [0.4, 0.5) is 0 Å². The molecule has 0 aliphatic heterocycles. The minimum absolute atomic E-state index is 0.563. The average molecular weight is 262 g/mol. The van der Waals surface area contributed by atoms with Gasteiger partial charge in [-0.25, -0.2) is 0 Å². The van der Waals surface area contributed by atoms with E-state index < -0.39 is 0 Å². The van der Waals surface area contributed by atoms with Crippen molar-refractivity contribution < 1.29 is 0 Å². The second kappa shape index (κ2) is 4.36.